The lowest BCUT2D eigenvalue weighted by atomic mass is 9.55. The van der Waals surface area contributed by atoms with Gasteiger partial charge in [-0.05, 0) is 135 Å². The first-order chi connectivity index (χ1) is 12.2. The van der Waals surface area contributed by atoms with Crippen molar-refractivity contribution in [2.75, 3.05) is 6.16 Å². The topological polar surface area (TPSA) is 0 Å². The van der Waals surface area contributed by atoms with Crippen molar-refractivity contribution in [2.45, 2.75) is 107 Å². The average molecular weight is 359 g/mol. The van der Waals surface area contributed by atoms with Gasteiger partial charge in [-0.15, -0.1) is 0 Å². The van der Waals surface area contributed by atoms with Crippen LogP contribution in [0.4, 0.5) is 0 Å². The van der Waals surface area contributed by atoms with Gasteiger partial charge < -0.3 is 0 Å². The maximum absolute atomic E-state index is 2.45. The molecule has 0 aliphatic heterocycles. The fourth-order valence-corrected chi connectivity index (χ4v) is 15.5. The van der Waals surface area contributed by atoms with Gasteiger partial charge in [0.2, 0.25) is 0 Å². The molecule has 8 aliphatic rings. The van der Waals surface area contributed by atoms with Gasteiger partial charge in [0.25, 0.3) is 0 Å². The minimum Gasteiger partial charge on any atom is -0.0939 e. The van der Waals surface area contributed by atoms with E-state index in [1.165, 1.54) is 6.42 Å². The van der Waals surface area contributed by atoms with Crippen LogP contribution in [0, 0.1) is 35.5 Å². The van der Waals surface area contributed by atoms with E-state index in [1.807, 2.05) is 0 Å². The highest BCUT2D eigenvalue weighted by Crippen LogP contribution is 2.78. The van der Waals surface area contributed by atoms with Crippen LogP contribution in [-0.2, 0) is 0 Å². The van der Waals surface area contributed by atoms with Crippen molar-refractivity contribution in [3.05, 3.63) is 0 Å². The van der Waals surface area contributed by atoms with E-state index >= 15 is 0 Å². The van der Waals surface area contributed by atoms with Gasteiger partial charge in [-0.1, -0.05) is 21.3 Å². The number of hydrogen-bond acceptors (Lipinski definition) is 0. The third-order valence-electron chi connectivity index (χ3n) is 9.89. The summed E-state index contributed by atoms with van der Waals surface area (Å²) < 4.78 is 0. The van der Waals surface area contributed by atoms with Crippen LogP contribution in [0.5, 0.6) is 0 Å². The molecule has 0 aromatic carbocycles. The molecule has 0 unspecified atom stereocenters. The smallest absolute Gasteiger partial charge is 0.00815 e. The monoisotopic (exact) mass is 358 g/mol. The Hall–Kier alpha value is 0.430. The van der Waals surface area contributed by atoms with Crippen LogP contribution in [0.2, 0.25) is 0 Å². The Morgan fingerprint density at radius 1 is 0.600 bits per heavy atom. The zero-order valence-electron chi connectivity index (χ0n) is 16.5. The Balaban J connectivity index is 1.37. The third kappa shape index (κ3) is 2.48. The molecule has 0 heterocycles. The van der Waals surface area contributed by atoms with Crippen LogP contribution in [0.25, 0.3) is 0 Å². The highest BCUT2D eigenvalue weighted by Gasteiger charge is 2.62. The van der Waals surface area contributed by atoms with E-state index in [-0.39, 0.29) is 7.92 Å². The van der Waals surface area contributed by atoms with Crippen LogP contribution in [0.15, 0.2) is 0 Å². The molecule has 0 amide bonds. The molecule has 0 saturated heterocycles. The standard InChI is InChI=1S/C24H39P/c1-2-3-4-25(23-11-17-5-18(12-23)7-19(6-17)13-23)24-14-20-8-21(15-24)10-22(9-20)16-24/h17-22H,2-16H2,1H3/t17-,18+,19-,20-,21+,22-,23-,24-. The lowest BCUT2D eigenvalue weighted by Crippen LogP contribution is -2.56. The molecule has 0 aromatic heterocycles. The van der Waals surface area contributed by atoms with E-state index in [1.54, 1.807) is 89.6 Å². The molecule has 0 spiro atoms. The van der Waals surface area contributed by atoms with Gasteiger partial charge >= 0.3 is 0 Å². The molecule has 0 nitrogen and oxygen atoms in total. The van der Waals surface area contributed by atoms with E-state index in [9.17, 15) is 0 Å². The molecule has 0 atom stereocenters. The molecule has 140 valence electrons. The predicted molar refractivity (Wildman–Crippen MR) is 109 cm³/mol. The summed E-state index contributed by atoms with van der Waals surface area (Å²) in [6, 6.07) is 0. The molecule has 8 saturated carbocycles. The first kappa shape index (κ1) is 16.4. The SMILES string of the molecule is CCCCP([C@]12C[C@H]3C[C@H](C[C@H](C3)C1)C2)[C@]12C[C@H]3C[C@H](C[C@H](C3)C1)C2. The van der Waals surface area contributed by atoms with Gasteiger partial charge in [0.15, 0.2) is 0 Å². The van der Waals surface area contributed by atoms with Crippen LogP contribution in [0.1, 0.15) is 96.8 Å². The van der Waals surface area contributed by atoms with Crippen LogP contribution >= 0.6 is 7.92 Å². The van der Waals surface area contributed by atoms with Gasteiger partial charge in [-0.3, -0.25) is 0 Å². The molecule has 8 bridgehead atoms. The highest BCUT2D eigenvalue weighted by atomic mass is 31.1. The van der Waals surface area contributed by atoms with Gasteiger partial charge in [-0.25, -0.2) is 0 Å². The maximum Gasteiger partial charge on any atom is -0.00815 e. The van der Waals surface area contributed by atoms with Crippen molar-refractivity contribution in [2.24, 2.45) is 35.5 Å². The first-order valence-electron chi connectivity index (χ1n) is 11.9. The summed E-state index contributed by atoms with van der Waals surface area (Å²) in [5.74, 6) is 6.95. The summed E-state index contributed by atoms with van der Waals surface area (Å²) >= 11 is 0. The molecule has 8 aliphatic carbocycles. The summed E-state index contributed by atoms with van der Waals surface area (Å²) in [6.07, 6.45) is 24.6. The largest absolute Gasteiger partial charge is 0.0939 e. The molecular formula is C24H39P. The Labute approximate surface area is 157 Å². The van der Waals surface area contributed by atoms with E-state index in [0.717, 1.165) is 45.8 Å². The second kappa shape index (κ2) is 5.72. The number of hydrogen-bond donors (Lipinski definition) is 0. The van der Waals surface area contributed by atoms with Gasteiger partial charge in [0.05, 0.1) is 0 Å². The van der Waals surface area contributed by atoms with Gasteiger partial charge in [0.1, 0.15) is 0 Å². The molecule has 1 heteroatoms. The van der Waals surface area contributed by atoms with Crippen LogP contribution in [-0.4, -0.2) is 16.5 Å². The number of unbranched alkanes of at least 4 members (excludes halogenated alkanes) is 1. The molecule has 25 heavy (non-hydrogen) atoms. The van der Waals surface area contributed by atoms with Crippen molar-refractivity contribution in [1.29, 1.82) is 0 Å². The van der Waals surface area contributed by atoms with E-state index < -0.39 is 0 Å². The molecule has 0 N–H and O–H groups in total. The van der Waals surface area contributed by atoms with Crippen LogP contribution in [0.3, 0.4) is 0 Å². The normalized spacial score (nSPS) is 55.4. The second-order valence-electron chi connectivity index (χ2n) is 11.8. The van der Waals surface area contributed by atoms with Crippen molar-refractivity contribution in [3.8, 4) is 0 Å². The predicted octanol–water partition coefficient (Wildman–Crippen LogP) is 7.21. The number of rotatable bonds is 5. The zero-order chi connectivity index (χ0) is 16.6. The van der Waals surface area contributed by atoms with Crippen LogP contribution < -0.4 is 0 Å². The van der Waals surface area contributed by atoms with Crippen molar-refractivity contribution in [1.82, 2.24) is 0 Å². The zero-order valence-corrected chi connectivity index (χ0v) is 17.4. The van der Waals surface area contributed by atoms with E-state index in [0.29, 0.717) is 0 Å². The third-order valence-corrected chi connectivity index (χ3v) is 14.0. The summed E-state index contributed by atoms with van der Waals surface area (Å²) in [6.45, 7) is 2.45. The Morgan fingerprint density at radius 3 is 1.20 bits per heavy atom. The van der Waals surface area contributed by atoms with Crippen molar-refractivity contribution in [3.63, 3.8) is 0 Å². The highest BCUT2D eigenvalue weighted by molar-refractivity contribution is 7.61. The molecular weight excluding hydrogens is 319 g/mol. The summed E-state index contributed by atoms with van der Waals surface area (Å²) in [4.78, 5) is 0. The van der Waals surface area contributed by atoms with Crippen molar-refractivity contribution < 1.29 is 0 Å². The van der Waals surface area contributed by atoms with Crippen molar-refractivity contribution >= 4 is 7.92 Å². The fourth-order valence-electron chi connectivity index (χ4n) is 10.1. The minimum absolute atomic E-state index is 0.285. The first-order valence-corrected chi connectivity index (χ1v) is 13.5. The molecule has 8 fully saturated rings. The minimum atomic E-state index is 0.285. The molecule has 8 rings (SSSR count). The Bertz CT molecular complexity index is 420. The maximum atomic E-state index is 2.45. The lowest BCUT2D eigenvalue weighted by Gasteiger charge is -2.67. The van der Waals surface area contributed by atoms with Gasteiger partial charge in [0, 0.05) is 0 Å². The molecule has 0 radical (unpaired) electrons. The Kier molecular flexibility index (Phi) is 3.75. The van der Waals surface area contributed by atoms with E-state index in [2.05, 4.69) is 6.92 Å². The lowest BCUT2D eigenvalue weighted by molar-refractivity contribution is 0.0185. The second-order valence-corrected chi connectivity index (χ2v) is 15.0. The quantitative estimate of drug-likeness (QED) is 0.456. The van der Waals surface area contributed by atoms with Gasteiger partial charge in [-0.2, -0.15) is 0 Å². The average Bonchev–Trinajstić information content (AvgIpc) is 2.52. The summed E-state index contributed by atoms with van der Waals surface area (Å²) in [5, 5.41) is 1.76. The molecule has 0 aromatic rings. The fraction of sp³-hybridized carbons (Fsp3) is 1.00. The summed E-state index contributed by atoms with van der Waals surface area (Å²) in [7, 11) is 0.285. The van der Waals surface area contributed by atoms with E-state index in [4.69, 9.17) is 0 Å². The Morgan fingerprint density at radius 2 is 0.920 bits per heavy atom. The summed E-state index contributed by atoms with van der Waals surface area (Å²) in [5.41, 5.74) is 0.